The van der Waals surface area contributed by atoms with E-state index < -0.39 is 19.0 Å². The van der Waals surface area contributed by atoms with Gasteiger partial charge in [0.05, 0.1) is 5.69 Å². The monoisotopic (exact) mass is 225 g/mol. The van der Waals surface area contributed by atoms with Crippen LogP contribution >= 0.6 is 0 Å². The van der Waals surface area contributed by atoms with Crippen LogP contribution in [0.4, 0.5) is 8.78 Å². The molecular weight excluding hydrogens is 219 g/mol. The molecular formula is C8H6F2NNaO3. The van der Waals surface area contributed by atoms with E-state index in [1.165, 1.54) is 18.3 Å². The van der Waals surface area contributed by atoms with Gasteiger partial charge in [-0.3, -0.25) is 4.98 Å². The van der Waals surface area contributed by atoms with Gasteiger partial charge in [-0.15, -0.1) is 0 Å². The summed E-state index contributed by atoms with van der Waals surface area (Å²) in [5, 5.41) is 10.2. The average molecular weight is 225 g/mol. The Hall–Kier alpha value is -0.720. The first-order chi connectivity index (χ1) is 6.59. The van der Waals surface area contributed by atoms with Gasteiger partial charge in [0.1, 0.15) is 5.75 Å². The van der Waals surface area contributed by atoms with Crippen LogP contribution in [0.25, 0.3) is 0 Å². The van der Waals surface area contributed by atoms with Crippen LogP contribution in [-0.2, 0) is 11.2 Å². The number of aromatic nitrogens is 1. The Morgan fingerprint density at radius 3 is 2.80 bits per heavy atom. The summed E-state index contributed by atoms with van der Waals surface area (Å²) in [5.41, 5.74) is -0.0761. The zero-order valence-electron chi connectivity index (χ0n) is 7.94. The number of halogens is 2. The Balaban J connectivity index is 0.00000196. The van der Waals surface area contributed by atoms with E-state index in [-0.39, 0.29) is 41.0 Å². The molecule has 1 rings (SSSR count). The number of hydrogen-bond acceptors (Lipinski definition) is 4. The van der Waals surface area contributed by atoms with E-state index in [0.717, 1.165) is 0 Å². The topological polar surface area (TPSA) is 62.2 Å². The van der Waals surface area contributed by atoms with Crippen LogP contribution < -0.4 is 39.4 Å². The molecule has 1 heterocycles. The smallest absolute Gasteiger partial charge is 0.550 e. The second-order valence-corrected chi connectivity index (χ2v) is 2.38. The Labute approximate surface area is 107 Å². The molecule has 0 unspecified atom stereocenters. The van der Waals surface area contributed by atoms with Crippen LogP contribution in [0.2, 0.25) is 0 Å². The number of ether oxygens (including phenoxy) is 1. The first kappa shape index (κ1) is 14.3. The van der Waals surface area contributed by atoms with Gasteiger partial charge in [0.2, 0.25) is 0 Å². The normalized spacial score (nSPS) is 9.53. The number of rotatable bonds is 4. The standard InChI is InChI=1S/C8H7F2NO3.Na/c9-8(10)14-6-2-1-3-11-5(6)4-7(12)13;/h1-3,8H,4H2,(H,12,13);/q;+1/p-1. The summed E-state index contributed by atoms with van der Waals surface area (Å²) < 4.78 is 27.7. The molecule has 0 aromatic carbocycles. The fourth-order valence-corrected chi connectivity index (χ4v) is 0.896. The molecule has 0 saturated carbocycles. The van der Waals surface area contributed by atoms with Gasteiger partial charge in [-0.2, -0.15) is 8.78 Å². The minimum Gasteiger partial charge on any atom is -0.550 e. The van der Waals surface area contributed by atoms with Gasteiger partial charge in [-0.1, -0.05) is 0 Å². The minimum absolute atomic E-state index is 0. The first-order valence-corrected chi connectivity index (χ1v) is 3.68. The van der Waals surface area contributed by atoms with Gasteiger partial charge >= 0.3 is 36.2 Å². The molecule has 1 aromatic heterocycles. The predicted octanol–water partition coefficient (Wildman–Crippen LogP) is -3.02. The van der Waals surface area contributed by atoms with Crippen molar-refractivity contribution in [2.24, 2.45) is 0 Å². The third-order valence-corrected chi connectivity index (χ3v) is 1.38. The molecule has 0 aliphatic carbocycles. The summed E-state index contributed by atoms with van der Waals surface area (Å²) in [6, 6.07) is 2.59. The van der Waals surface area contributed by atoms with E-state index in [1.807, 2.05) is 0 Å². The summed E-state index contributed by atoms with van der Waals surface area (Å²) >= 11 is 0. The van der Waals surface area contributed by atoms with Gasteiger partial charge in [-0.25, -0.2) is 0 Å². The van der Waals surface area contributed by atoms with Crippen LogP contribution in [-0.4, -0.2) is 17.6 Å². The Morgan fingerprint density at radius 1 is 1.60 bits per heavy atom. The second-order valence-electron chi connectivity index (χ2n) is 2.38. The van der Waals surface area contributed by atoms with Crippen LogP contribution in [0.5, 0.6) is 5.75 Å². The third-order valence-electron chi connectivity index (χ3n) is 1.38. The Kier molecular flexibility index (Phi) is 6.38. The number of pyridine rings is 1. The number of hydrogen-bond donors (Lipinski definition) is 0. The molecule has 0 fully saturated rings. The molecule has 15 heavy (non-hydrogen) atoms. The molecule has 0 spiro atoms. The molecule has 1 aromatic rings. The van der Waals surface area contributed by atoms with Crippen molar-refractivity contribution < 1.29 is 53.0 Å². The summed E-state index contributed by atoms with van der Waals surface area (Å²) in [7, 11) is 0. The zero-order chi connectivity index (χ0) is 10.6. The molecule has 0 atom stereocenters. The van der Waals surface area contributed by atoms with Crippen molar-refractivity contribution in [1.29, 1.82) is 0 Å². The molecule has 0 bridgehead atoms. The number of carbonyl (C=O) groups excluding carboxylic acids is 1. The van der Waals surface area contributed by atoms with Gasteiger partial charge < -0.3 is 14.6 Å². The number of aliphatic carboxylic acids is 1. The Morgan fingerprint density at radius 2 is 2.27 bits per heavy atom. The third kappa shape index (κ3) is 5.06. The number of carboxylic acids is 1. The first-order valence-electron chi connectivity index (χ1n) is 3.68. The molecule has 0 saturated heterocycles. The number of alkyl halides is 2. The molecule has 0 aliphatic rings. The fourth-order valence-electron chi connectivity index (χ4n) is 0.896. The van der Waals surface area contributed by atoms with Crippen LogP contribution in [0, 0.1) is 0 Å². The van der Waals surface area contributed by atoms with E-state index in [9.17, 15) is 18.7 Å². The molecule has 0 radical (unpaired) electrons. The molecule has 0 amide bonds. The van der Waals surface area contributed by atoms with E-state index in [4.69, 9.17) is 0 Å². The van der Waals surface area contributed by atoms with Crippen molar-refractivity contribution in [3.63, 3.8) is 0 Å². The molecule has 4 nitrogen and oxygen atoms in total. The Bertz CT molecular complexity index is 335. The van der Waals surface area contributed by atoms with Gasteiger partial charge in [0.15, 0.2) is 0 Å². The molecule has 0 N–H and O–H groups in total. The second kappa shape index (κ2) is 6.71. The summed E-state index contributed by atoms with van der Waals surface area (Å²) in [6.45, 7) is -3.00. The van der Waals surface area contributed by atoms with Gasteiger partial charge in [0, 0.05) is 18.6 Å². The van der Waals surface area contributed by atoms with E-state index >= 15 is 0 Å². The summed E-state index contributed by atoms with van der Waals surface area (Å²) in [4.78, 5) is 13.8. The van der Waals surface area contributed by atoms with Crippen molar-refractivity contribution in [2.75, 3.05) is 0 Å². The summed E-state index contributed by atoms with van der Waals surface area (Å²) in [5.74, 6) is -1.64. The number of carbonyl (C=O) groups is 1. The number of nitrogens with zero attached hydrogens (tertiary/aromatic N) is 1. The maximum atomic E-state index is 11.8. The van der Waals surface area contributed by atoms with E-state index in [0.29, 0.717) is 0 Å². The van der Waals surface area contributed by atoms with Crippen LogP contribution in [0.1, 0.15) is 5.69 Å². The largest absolute Gasteiger partial charge is 1.00 e. The fraction of sp³-hybridized carbons (Fsp3) is 0.250. The minimum atomic E-state index is -3.00. The molecule has 0 aliphatic heterocycles. The number of carboxylic acid groups (broad SMARTS) is 1. The quantitative estimate of drug-likeness (QED) is 0.512. The van der Waals surface area contributed by atoms with Gasteiger partial charge in [-0.05, 0) is 12.1 Å². The van der Waals surface area contributed by atoms with Crippen molar-refractivity contribution in [3.8, 4) is 5.75 Å². The SMILES string of the molecule is O=C([O-])Cc1ncccc1OC(F)F.[Na+]. The van der Waals surface area contributed by atoms with Crippen molar-refractivity contribution >= 4 is 5.97 Å². The maximum absolute atomic E-state index is 11.8. The van der Waals surface area contributed by atoms with Crippen molar-refractivity contribution in [2.45, 2.75) is 13.0 Å². The van der Waals surface area contributed by atoms with Crippen LogP contribution in [0.3, 0.4) is 0 Å². The molecule has 7 heteroatoms. The maximum Gasteiger partial charge on any atom is 1.00 e. The van der Waals surface area contributed by atoms with Crippen molar-refractivity contribution in [1.82, 2.24) is 4.98 Å². The van der Waals surface area contributed by atoms with Crippen molar-refractivity contribution in [3.05, 3.63) is 24.0 Å². The van der Waals surface area contributed by atoms with Crippen LogP contribution in [0.15, 0.2) is 18.3 Å². The van der Waals surface area contributed by atoms with E-state index in [2.05, 4.69) is 9.72 Å². The van der Waals surface area contributed by atoms with Gasteiger partial charge in [0.25, 0.3) is 0 Å². The zero-order valence-corrected chi connectivity index (χ0v) is 9.94. The average Bonchev–Trinajstić information content (AvgIpc) is 2.06. The summed E-state index contributed by atoms with van der Waals surface area (Å²) in [6.07, 6.45) is 0.736. The predicted molar refractivity (Wildman–Crippen MR) is 39.6 cm³/mol. The van der Waals surface area contributed by atoms with E-state index in [1.54, 1.807) is 0 Å². The molecule has 76 valence electrons.